The monoisotopic (exact) mass is 431 g/mol. The van der Waals surface area contributed by atoms with E-state index in [0.29, 0.717) is 37.0 Å². The van der Waals surface area contributed by atoms with Gasteiger partial charge in [-0.25, -0.2) is 9.78 Å². The van der Waals surface area contributed by atoms with Crippen molar-refractivity contribution in [3.63, 3.8) is 0 Å². The van der Waals surface area contributed by atoms with Gasteiger partial charge in [0.05, 0.1) is 6.33 Å². The average Bonchev–Trinajstić information content (AvgIpc) is 3.13. The summed E-state index contributed by atoms with van der Waals surface area (Å²) in [6.45, 7) is 7.33. The van der Waals surface area contributed by atoms with Gasteiger partial charge in [0.15, 0.2) is 11.2 Å². The fourth-order valence-electron chi connectivity index (χ4n) is 2.50. The third kappa shape index (κ3) is 7.47. The predicted octanol–water partition coefficient (Wildman–Crippen LogP) is 2.53. The van der Waals surface area contributed by atoms with Gasteiger partial charge in [0.1, 0.15) is 13.3 Å². The Morgan fingerprint density at radius 1 is 1.14 bits per heavy atom. The molecule has 0 aliphatic heterocycles. The van der Waals surface area contributed by atoms with E-state index in [0.717, 1.165) is 0 Å². The fourth-order valence-corrected chi connectivity index (χ4v) is 2.78. The third-order valence-electron chi connectivity index (χ3n) is 4.26. The molecule has 2 rings (SSSR count). The number of aryl methyl sites for hydroxylation is 1. The minimum atomic E-state index is -2.58. The number of ether oxygens (including phenoxy) is 1. The smallest absolute Gasteiger partial charge is 0.361 e. The molecule has 0 aliphatic carbocycles. The standard InChI is InChI=1S/C14H21N4O6P.C4H10/c1-3-23-10-17-9-15-12-11(17)13(19)18(14(20)16(12)2)7-5-4-6-8-24-25(21)22;1-3-4-2/h9H,3-8,10H2,1-2H3;3-4H2,1-2H3/p+1. The zero-order valence-electron chi connectivity index (χ0n) is 17.7. The van der Waals surface area contributed by atoms with E-state index in [2.05, 4.69) is 23.4 Å². The van der Waals surface area contributed by atoms with Crippen LogP contribution in [0.25, 0.3) is 11.2 Å². The van der Waals surface area contributed by atoms with Crippen molar-refractivity contribution in [2.24, 2.45) is 7.05 Å². The highest BCUT2D eigenvalue weighted by atomic mass is 31.1. The highest BCUT2D eigenvalue weighted by Crippen LogP contribution is 2.15. The van der Waals surface area contributed by atoms with Crippen LogP contribution in [0.2, 0.25) is 0 Å². The van der Waals surface area contributed by atoms with Crippen LogP contribution in [-0.2, 0) is 34.1 Å². The second-order valence-corrected chi connectivity index (χ2v) is 7.17. The molecule has 0 saturated heterocycles. The molecule has 0 fully saturated rings. The topological polar surface area (TPSA) is 118 Å². The molecule has 0 amide bonds. The molecule has 1 atom stereocenters. The summed E-state index contributed by atoms with van der Waals surface area (Å²) in [7, 11) is -1.01. The third-order valence-corrected chi connectivity index (χ3v) is 4.67. The van der Waals surface area contributed by atoms with Crippen LogP contribution in [0.3, 0.4) is 0 Å². The largest absolute Gasteiger partial charge is 0.694 e. The number of nitrogens with zero attached hydrogens (tertiary/aromatic N) is 4. The van der Waals surface area contributed by atoms with E-state index in [1.54, 1.807) is 11.6 Å². The lowest BCUT2D eigenvalue weighted by atomic mass is 10.2. The van der Waals surface area contributed by atoms with Gasteiger partial charge in [0.2, 0.25) is 0 Å². The molecular formula is C18H32N4O6P+. The van der Waals surface area contributed by atoms with E-state index in [1.165, 1.54) is 28.3 Å². The van der Waals surface area contributed by atoms with Gasteiger partial charge in [-0.15, -0.1) is 9.42 Å². The molecule has 29 heavy (non-hydrogen) atoms. The highest BCUT2D eigenvalue weighted by molar-refractivity contribution is 7.32. The fraction of sp³-hybridized carbons (Fsp3) is 0.722. The van der Waals surface area contributed by atoms with Gasteiger partial charge in [-0.3, -0.25) is 13.9 Å². The van der Waals surface area contributed by atoms with Gasteiger partial charge >= 0.3 is 13.9 Å². The summed E-state index contributed by atoms with van der Waals surface area (Å²) in [5, 5.41) is 0. The van der Waals surface area contributed by atoms with Crippen molar-refractivity contribution >= 4 is 19.4 Å². The summed E-state index contributed by atoms with van der Waals surface area (Å²) in [6.07, 6.45) is 5.93. The average molecular weight is 431 g/mol. The quantitative estimate of drug-likeness (QED) is 0.429. The SMILES string of the molecule is CCCC.CCOCn1cnc2c1c(=O)n(CCCCCO[P+](=O)O)c(=O)n2C. The summed E-state index contributed by atoms with van der Waals surface area (Å²) in [5.74, 6) is 0. The first-order valence-corrected chi connectivity index (χ1v) is 11.0. The van der Waals surface area contributed by atoms with Crippen LogP contribution < -0.4 is 11.2 Å². The van der Waals surface area contributed by atoms with Gasteiger partial charge in [0.25, 0.3) is 5.56 Å². The minimum Gasteiger partial charge on any atom is -0.361 e. The van der Waals surface area contributed by atoms with Crippen molar-refractivity contribution in [3.8, 4) is 0 Å². The summed E-state index contributed by atoms with van der Waals surface area (Å²) >= 11 is 0. The molecule has 2 aromatic rings. The normalized spacial score (nSPS) is 11.4. The Morgan fingerprint density at radius 2 is 1.83 bits per heavy atom. The number of rotatable bonds is 11. The molecule has 2 heterocycles. The first-order chi connectivity index (χ1) is 13.9. The minimum absolute atomic E-state index is 0.165. The van der Waals surface area contributed by atoms with E-state index in [4.69, 9.17) is 9.63 Å². The van der Waals surface area contributed by atoms with Crippen molar-refractivity contribution in [3.05, 3.63) is 27.2 Å². The second-order valence-electron chi connectivity index (χ2n) is 6.44. The number of imidazole rings is 1. The van der Waals surface area contributed by atoms with Gasteiger partial charge in [-0.2, -0.15) is 0 Å². The van der Waals surface area contributed by atoms with Crippen LogP contribution in [0.15, 0.2) is 15.9 Å². The van der Waals surface area contributed by atoms with Crippen molar-refractivity contribution in [1.82, 2.24) is 18.7 Å². The van der Waals surface area contributed by atoms with Crippen molar-refractivity contribution in [1.29, 1.82) is 0 Å². The summed E-state index contributed by atoms with van der Waals surface area (Å²) in [4.78, 5) is 37.8. The summed E-state index contributed by atoms with van der Waals surface area (Å²) in [5.41, 5.74) is -0.166. The van der Waals surface area contributed by atoms with Crippen molar-refractivity contribution < 1.29 is 18.7 Å². The maximum Gasteiger partial charge on any atom is 0.694 e. The maximum absolute atomic E-state index is 12.7. The molecule has 1 unspecified atom stereocenters. The number of fused-ring (bicyclic) bond motifs is 1. The van der Waals surface area contributed by atoms with E-state index in [9.17, 15) is 14.2 Å². The van der Waals surface area contributed by atoms with Crippen LogP contribution in [0.4, 0.5) is 0 Å². The van der Waals surface area contributed by atoms with Crippen LogP contribution in [0.5, 0.6) is 0 Å². The van der Waals surface area contributed by atoms with Crippen LogP contribution in [-0.4, -0.2) is 36.8 Å². The summed E-state index contributed by atoms with van der Waals surface area (Å²) in [6, 6.07) is 0. The molecule has 0 aliphatic rings. The first kappa shape index (κ1) is 25.2. The molecule has 2 aromatic heterocycles. The van der Waals surface area contributed by atoms with Crippen molar-refractivity contribution in [2.45, 2.75) is 66.2 Å². The Kier molecular flexibility index (Phi) is 11.6. The Labute approximate surface area is 171 Å². The molecule has 0 bridgehead atoms. The zero-order chi connectivity index (χ0) is 21.8. The lowest BCUT2D eigenvalue weighted by molar-refractivity contribution is 0.0903. The lowest BCUT2D eigenvalue weighted by Crippen LogP contribution is -2.39. The van der Waals surface area contributed by atoms with Gasteiger partial charge in [-0.1, -0.05) is 26.7 Å². The molecular weight excluding hydrogens is 399 g/mol. The number of hydrogen-bond acceptors (Lipinski definition) is 6. The molecule has 11 heteroatoms. The Morgan fingerprint density at radius 3 is 2.41 bits per heavy atom. The van der Waals surface area contributed by atoms with Crippen LogP contribution in [0.1, 0.15) is 52.9 Å². The number of unbranched alkanes of at least 4 members (excludes halogenated alkanes) is 3. The molecule has 10 nitrogen and oxygen atoms in total. The van der Waals surface area contributed by atoms with Crippen LogP contribution in [0, 0.1) is 0 Å². The number of hydrogen-bond donors (Lipinski definition) is 1. The van der Waals surface area contributed by atoms with Gasteiger partial charge < -0.3 is 9.30 Å². The van der Waals surface area contributed by atoms with Crippen molar-refractivity contribution in [2.75, 3.05) is 13.2 Å². The molecule has 0 saturated carbocycles. The predicted molar refractivity (Wildman–Crippen MR) is 111 cm³/mol. The maximum atomic E-state index is 12.7. The second kappa shape index (κ2) is 13.4. The first-order valence-electron chi connectivity index (χ1n) is 9.90. The van der Waals surface area contributed by atoms with Gasteiger partial charge in [-0.05, 0) is 26.2 Å². The molecule has 0 aromatic carbocycles. The Bertz CT molecular complexity index is 887. The Hall–Kier alpha value is -1.87. The Balaban J connectivity index is 0.000000960. The molecule has 164 valence electrons. The highest BCUT2D eigenvalue weighted by Gasteiger charge is 2.16. The molecule has 0 radical (unpaired) electrons. The van der Waals surface area contributed by atoms with E-state index in [-0.39, 0.29) is 19.9 Å². The molecule has 1 N–H and O–H groups in total. The van der Waals surface area contributed by atoms with E-state index < -0.39 is 19.5 Å². The summed E-state index contributed by atoms with van der Waals surface area (Å²) < 4.78 is 24.4. The van der Waals surface area contributed by atoms with E-state index in [1.807, 2.05) is 6.92 Å². The zero-order valence-corrected chi connectivity index (χ0v) is 18.6. The lowest BCUT2D eigenvalue weighted by Gasteiger charge is -2.09. The number of aromatic nitrogens is 4. The van der Waals surface area contributed by atoms with E-state index >= 15 is 0 Å². The van der Waals surface area contributed by atoms with Gasteiger partial charge in [0, 0.05) is 24.8 Å². The molecule has 0 spiro atoms. The van der Waals surface area contributed by atoms with Crippen LogP contribution >= 0.6 is 8.25 Å².